The lowest BCUT2D eigenvalue weighted by Gasteiger charge is -2.09. The summed E-state index contributed by atoms with van der Waals surface area (Å²) in [5.74, 6) is 0.645. The minimum atomic E-state index is -0.882. The summed E-state index contributed by atoms with van der Waals surface area (Å²) >= 11 is 1.50. The standard InChI is InChI=1S/C21H18N2O3S/c24-20(25)14-23-18-10-4-3-9-17(18)22-21(23)27-13-12-26-19-11-5-7-15-6-1-2-8-16(15)19/h1-11H,12-14H2,(H,24,25). The van der Waals surface area contributed by atoms with E-state index in [1.165, 1.54) is 11.8 Å². The van der Waals surface area contributed by atoms with E-state index in [2.05, 4.69) is 17.1 Å². The molecule has 136 valence electrons. The van der Waals surface area contributed by atoms with Crippen LogP contribution in [0.2, 0.25) is 0 Å². The van der Waals surface area contributed by atoms with Gasteiger partial charge in [-0.3, -0.25) is 4.79 Å². The lowest BCUT2D eigenvalue weighted by Crippen LogP contribution is -2.10. The molecule has 0 amide bonds. The number of hydrogen-bond donors (Lipinski definition) is 1. The molecule has 4 aromatic rings. The van der Waals surface area contributed by atoms with Crippen molar-refractivity contribution in [1.29, 1.82) is 0 Å². The Morgan fingerprint density at radius 1 is 1.04 bits per heavy atom. The largest absolute Gasteiger partial charge is 0.492 e. The summed E-state index contributed by atoms with van der Waals surface area (Å²) < 4.78 is 7.70. The van der Waals surface area contributed by atoms with Gasteiger partial charge in [0, 0.05) is 11.1 Å². The molecule has 1 heterocycles. The van der Waals surface area contributed by atoms with Crippen LogP contribution in [0.25, 0.3) is 21.8 Å². The van der Waals surface area contributed by atoms with Crippen LogP contribution in [0.4, 0.5) is 0 Å². The summed E-state index contributed by atoms with van der Waals surface area (Å²) in [6.07, 6.45) is 0. The normalized spacial score (nSPS) is 11.1. The molecule has 0 saturated heterocycles. The van der Waals surface area contributed by atoms with E-state index in [1.807, 2.05) is 54.6 Å². The fraction of sp³-hybridized carbons (Fsp3) is 0.143. The summed E-state index contributed by atoms with van der Waals surface area (Å²) in [7, 11) is 0. The molecule has 27 heavy (non-hydrogen) atoms. The Morgan fingerprint density at radius 2 is 1.81 bits per heavy atom. The predicted molar refractivity (Wildman–Crippen MR) is 108 cm³/mol. The highest BCUT2D eigenvalue weighted by molar-refractivity contribution is 7.99. The molecule has 3 aromatic carbocycles. The number of aliphatic carboxylic acids is 1. The minimum absolute atomic E-state index is 0.104. The quantitative estimate of drug-likeness (QED) is 0.380. The number of carboxylic acid groups (broad SMARTS) is 1. The van der Waals surface area contributed by atoms with Gasteiger partial charge >= 0.3 is 5.97 Å². The van der Waals surface area contributed by atoms with Crippen LogP contribution in [-0.2, 0) is 11.3 Å². The maximum Gasteiger partial charge on any atom is 0.323 e. The Hall–Kier alpha value is -2.99. The van der Waals surface area contributed by atoms with Crippen molar-refractivity contribution in [3.8, 4) is 5.75 Å². The molecule has 0 saturated carbocycles. The summed E-state index contributed by atoms with van der Waals surface area (Å²) in [6.45, 7) is 0.405. The average molecular weight is 378 g/mol. The van der Waals surface area contributed by atoms with Gasteiger partial charge in [0.1, 0.15) is 12.3 Å². The SMILES string of the molecule is O=C(O)Cn1c(SCCOc2cccc3ccccc23)nc2ccccc21. The van der Waals surface area contributed by atoms with Crippen LogP contribution in [0.1, 0.15) is 0 Å². The predicted octanol–water partition coefficient (Wildman–Crippen LogP) is 4.45. The second kappa shape index (κ2) is 7.72. The van der Waals surface area contributed by atoms with Crippen molar-refractivity contribution in [1.82, 2.24) is 9.55 Å². The summed E-state index contributed by atoms with van der Waals surface area (Å²) in [5, 5.41) is 12.1. The van der Waals surface area contributed by atoms with Gasteiger partial charge in [0.15, 0.2) is 5.16 Å². The third-order valence-electron chi connectivity index (χ3n) is 4.23. The van der Waals surface area contributed by atoms with Gasteiger partial charge in [-0.2, -0.15) is 0 Å². The molecule has 1 aromatic heterocycles. The summed E-state index contributed by atoms with van der Waals surface area (Å²) in [6, 6.07) is 21.7. The number of nitrogens with zero attached hydrogens (tertiary/aromatic N) is 2. The summed E-state index contributed by atoms with van der Waals surface area (Å²) in [4.78, 5) is 15.8. The Kier molecular flexibility index (Phi) is 4.98. The molecule has 0 aliphatic carbocycles. The van der Waals surface area contributed by atoms with E-state index in [0.29, 0.717) is 17.5 Å². The summed E-state index contributed by atoms with van der Waals surface area (Å²) in [5.41, 5.74) is 1.63. The Labute approximate surface area is 160 Å². The average Bonchev–Trinajstić information content (AvgIpc) is 3.02. The minimum Gasteiger partial charge on any atom is -0.492 e. The first-order valence-corrected chi connectivity index (χ1v) is 9.61. The van der Waals surface area contributed by atoms with E-state index in [-0.39, 0.29) is 6.54 Å². The molecule has 4 rings (SSSR count). The zero-order valence-electron chi connectivity index (χ0n) is 14.5. The number of thioether (sulfide) groups is 1. The van der Waals surface area contributed by atoms with Crippen LogP contribution in [0, 0.1) is 0 Å². The topological polar surface area (TPSA) is 64.3 Å². The third-order valence-corrected chi connectivity index (χ3v) is 5.18. The van der Waals surface area contributed by atoms with Gasteiger partial charge in [-0.15, -0.1) is 0 Å². The first kappa shape index (κ1) is 17.4. The molecule has 1 N–H and O–H groups in total. The van der Waals surface area contributed by atoms with Crippen molar-refractivity contribution >= 4 is 39.5 Å². The fourth-order valence-corrected chi connectivity index (χ4v) is 3.89. The fourth-order valence-electron chi connectivity index (χ4n) is 3.06. The van der Waals surface area contributed by atoms with Crippen molar-refractivity contribution in [2.24, 2.45) is 0 Å². The van der Waals surface area contributed by atoms with Crippen LogP contribution in [0.5, 0.6) is 5.75 Å². The number of aromatic nitrogens is 2. The number of rotatable bonds is 7. The van der Waals surface area contributed by atoms with Gasteiger partial charge in [-0.1, -0.05) is 60.3 Å². The van der Waals surface area contributed by atoms with Crippen LogP contribution in [0.3, 0.4) is 0 Å². The van der Waals surface area contributed by atoms with Crippen molar-refractivity contribution in [3.05, 3.63) is 66.7 Å². The Morgan fingerprint density at radius 3 is 2.70 bits per heavy atom. The van der Waals surface area contributed by atoms with Gasteiger partial charge < -0.3 is 14.4 Å². The monoisotopic (exact) mass is 378 g/mol. The highest BCUT2D eigenvalue weighted by Gasteiger charge is 2.13. The Balaban J connectivity index is 1.47. The lowest BCUT2D eigenvalue weighted by atomic mass is 10.1. The zero-order chi connectivity index (χ0) is 18.6. The van der Waals surface area contributed by atoms with Crippen molar-refractivity contribution in [2.45, 2.75) is 11.7 Å². The number of hydrogen-bond acceptors (Lipinski definition) is 4. The maximum absolute atomic E-state index is 11.2. The molecule has 0 bridgehead atoms. The first-order valence-electron chi connectivity index (χ1n) is 8.63. The lowest BCUT2D eigenvalue weighted by molar-refractivity contribution is -0.137. The van der Waals surface area contributed by atoms with E-state index in [0.717, 1.165) is 27.6 Å². The molecule has 0 radical (unpaired) electrons. The van der Waals surface area contributed by atoms with Crippen LogP contribution in [0.15, 0.2) is 71.9 Å². The van der Waals surface area contributed by atoms with Gasteiger partial charge in [-0.25, -0.2) is 4.98 Å². The van der Waals surface area contributed by atoms with Crippen molar-refractivity contribution < 1.29 is 14.6 Å². The zero-order valence-corrected chi connectivity index (χ0v) is 15.4. The van der Waals surface area contributed by atoms with E-state index in [4.69, 9.17) is 4.74 Å². The number of imidazole rings is 1. The van der Waals surface area contributed by atoms with Gasteiger partial charge in [0.2, 0.25) is 0 Å². The molecular weight excluding hydrogens is 360 g/mol. The number of benzene rings is 3. The van der Waals surface area contributed by atoms with Crippen LogP contribution >= 0.6 is 11.8 Å². The first-order chi connectivity index (χ1) is 13.2. The number of para-hydroxylation sites is 2. The third kappa shape index (κ3) is 3.75. The number of carbonyl (C=O) groups is 1. The van der Waals surface area contributed by atoms with E-state index in [1.54, 1.807) is 4.57 Å². The van der Waals surface area contributed by atoms with E-state index >= 15 is 0 Å². The number of fused-ring (bicyclic) bond motifs is 2. The smallest absolute Gasteiger partial charge is 0.323 e. The highest BCUT2D eigenvalue weighted by Crippen LogP contribution is 2.27. The maximum atomic E-state index is 11.2. The highest BCUT2D eigenvalue weighted by atomic mass is 32.2. The van der Waals surface area contributed by atoms with E-state index < -0.39 is 5.97 Å². The number of carboxylic acids is 1. The van der Waals surface area contributed by atoms with Crippen molar-refractivity contribution in [2.75, 3.05) is 12.4 Å². The molecule has 0 spiro atoms. The molecule has 0 atom stereocenters. The molecule has 6 heteroatoms. The molecular formula is C21H18N2O3S. The second-order valence-electron chi connectivity index (χ2n) is 6.04. The van der Waals surface area contributed by atoms with Crippen molar-refractivity contribution in [3.63, 3.8) is 0 Å². The number of ether oxygens (including phenoxy) is 1. The van der Waals surface area contributed by atoms with Crippen LogP contribution in [-0.4, -0.2) is 33.0 Å². The van der Waals surface area contributed by atoms with Gasteiger partial charge in [0.05, 0.1) is 17.6 Å². The van der Waals surface area contributed by atoms with Gasteiger partial charge in [-0.05, 0) is 23.6 Å². The molecule has 0 aliphatic rings. The molecule has 5 nitrogen and oxygen atoms in total. The molecule has 0 unspecified atom stereocenters. The van der Waals surface area contributed by atoms with Crippen LogP contribution < -0.4 is 4.74 Å². The van der Waals surface area contributed by atoms with Gasteiger partial charge in [0.25, 0.3) is 0 Å². The molecule has 0 fully saturated rings. The second-order valence-corrected chi connectivity index (χ2v) is 7.10. The van der Waals surface area contributed by atoms with E-state index in [9.17, 15) is 9.90 Å². The Bertz CT molecular complexity index is 1100. The molecule has 0 aliphatic heterocycles.